The molecule has 3 heteroatoms. The van der Waals surface area contributed by atoms with Crippen molar-refractivity contribution in [3.05, 3.63) is 65.2 Å². The summed E-state index contributed by atoms with van der Waals surface area (Å²) in [5.41, 5.74) is 2.05. The lowest BCUT2D eigenvalue weighted by molar-refractivity contribution is 0.0734. The van der Waals surface area contributed by atoms with Gasteiger partial charge in [0.25, 0.3) is 0 Å². The highest BCUT2D eigenvalue weighted by Gasteiger charge is 2.08. The molecule has 0 fully saturated rings. The summed E-state index contributed by atoms with van der Waals surface area (Å²) < 4.78 is 5.20. The molecule has 0 aromatic heterocycles. The SMILES string of the molecule is Cc1ccc(OC(=O)c2ccc(C=O)cc2)cc1. The summed E-state index contributed by atoms with van der Waals surface area (Å²) in [5, 5.41) is 0. The van der Waals surface area contributed by atoms with Gasteiger partial charge < -0.3 is 4.74 Å². The number of rotatable bonds is 3. The Hall–Kier alpha value is -2.42. The summed E-state index contributed by atoms with van der Waals surface area (Å²) in [5.74, 6) is 0.0707. The van der Waals surface area contributed by atoms with E-state index in [2.05, 4.69) is 0 Å². The van der Waals surface area contributed by atoms with Gasteiger partial charge in [-0.05, 0) is 31.2 Å². The van der Waals surface area contributed by atoms with Gasteiger partial charge in [0.1, 0.15) is 12.0 Å². The van der Waals surface area contributed by atoms with Crippen molar-refractivity contribution < 1.29 is 14.3 Å². The molecule has 0 spiro atoms. The second-order valence-corrected chi connectivity index (χ2v) is 3.94. The van der Waals surface area contributed by atoms with E-state index in [1.807, 2.05) is 19.1 Å². The van der Waals surface area contributed by atoms with Crippen LogP contribution in [0.3, 0.4) is 0 Å². The number of esters is 1. The van der Waals surface area contributed by atoms with Crippen LogP contribution in [-0.2, 0) is 0 Å². The highest BCUT2D eigenvalue weighted by Crippen LogP contribution is 2.14. The lowest BCUT2D eigenvalue weighted by atomic mass is 10.1. The normalized spacial score (nSPS) is 9.83. The molecule has 0 heterocycles. The fraction of sp³-hybridized carbons (Fsp3) is 0.0667. The zero-order valence-electron chi connectivity index (χ0n) is 9.92. The summed E-state index contributed by atoms with van der Waals surface area (Å²) in [4.78, 5) is 22.3. The molecule has 0 bridgehead atoms. The zero-order chi connectivity index (χ0) is 13.0. The number of aryl methyl sites for hydroxylation is 1. The molecule has 0 aliphatic carbocycles. The predicted molar refractivity (Wildman–Crippen MR) is 68.0 cm³/mol. The molecule has 3 nitrogen and oxygen atoms in total. The van der Waals surface area contributed by atoms with E-state index >= 15 is 0 Å². The van der Waals surface area contributed by atoms with Crippen LogP contribution in [-0.4, -0.2) is 12.3 Å². The van der Waals surface area contributed by atoms with Gasteiger partial charge in [-0.25, -0.2) is 4.79 Å². The molecule has 2 aromatic rings. The zero-order valence-corrected chi connectivity index (χ0v) is 9.92. The molecule has 2 aromatic carbocycles. The molecule has 0 radical (unpaired) electrons. The Labute approximate surface area is 105 Å². The Morgan fingerprint density at radius 3 is 2.17 bits per heavy atom. The van der Waals surface area contributed by atoms with Crippen LogP contribution < -0.4 is 4.74 Å². The molecule has 0 N–H and O–H groups in total. The van der Waals surface area contributed by atoms with E-state index in [4.69, 9.17) is 4.74 Å². The summed E-state index contributed by atoms with van der Waals surface area (Å²) in [6.45, 7) is 1.96. The standard InChI is InChI=1S/C15H12O3/c1-11-2-8-14(9-3-11)18-15(17)13-6-4-12(10-16)5-7-13/h2-10H,1H3. The van der Waals surface area contributed by atoms with E-state index in [1.165, 1.54) is 0 Å². The monoisotopic (exact) mass is 240 g/mol. The van der Waals surface area contributed by atoms with Gasteiger partial charge in [-0.2, -0.15) is 0 Å². The van der Waals surface area contributed by atoms with Crippen LogP contribution in [0.4, 0.5) is 0 Å². The van der Waals surface area contributed by atoms with E-state index in [-0.39, 0.29) is 0 Å². The number of carbonyl (C=O) groups is 2. The third kappa shape index (κ3) is 2.83. The molecule has 0 amide bonds. The quantitative estimate of drug-likeness (QED) is 0.470. The minimum atomic E-state index is -0.434. The van der Waals surface area contributed by atoms with E-state index in [0.29, 0.717) is 16.9 Å². The fourth-order valence-electron chi connectivity index (χ4n) is 1.47. The van der Waals surface area contributed by atoms with Crippen molar-refractivity contribution in [3.63, 3.8) is 0 Å². The molecular formula is C15H12O3. The van der Waals surface area contributed by atoms with Crippen LogP contribution in [0.5, 0.6) is 5.75 Å². The molecule has 0 unspecified atom stereocenters. The van der Waals surface area contributed by atoms with Crippen LogP contribution in [0.15, 0.2) is 48.5 Å². The smallest absolute Gasteiger partial charge is 0.343 e. The second-order valence-electron chi connectivity index (χ2n) is 3.94. The Kier molecular flexibility index (Phi) is 3.53. The number of hydrogen-bond donors (Lipinski definition) is 0. The Bertz CT molecular complexity index is 553. The number of benzene rings is 2. The molecule has 0 aliphatic rings. The van der Waals surface area contributed by atoms with Gasteiger partial charge in [-0.1, -0.05) is 29.8 Å². The number of hydrogen-bond acceptors (Lipinski definition) is 3. The minimum absolute atomic E-state index is 0.418. The molecule has 2 rings (SSSR count). The first-order valence-corrected chi connectivity index (χ1v) is 5.53. The lowest BCUT2D eigenvalue weighted by Crippen LogP contribution is -2.08. The third-order valence-corrected chi connectivity index (χ3v) is 2.51. The van der Waals surface area contributed by atoms with Gasteiger partial charge in [0.2, 0.25) is 0 Å². The van der Waals surface area contributed by atoms with Crippen LogP contribution in [0.2, 0.25) is 0 Å². The van der Waals surface area contributed by atoms with Crippen molar-refractivity contribution in [2.45, 2.75) is 6.92 Å². The van der Waals surface area contributed by atoms with Gasteiger partial charge >= 0.3 is 5.97 Å². The highest BCUT2D eigenvalue weighted by atomic mass is 16.5. The van der Waals surface area contributed by atoms with Crippen molar-refractivity contribution >= 4 is 12.3 Å². The molecule has 0 saturated heterocycles. The molecule has 0 atom stereocenters. The summed E-state index contributed by atoms with van der Waals surface area (Å²) in [6.07, 6.45) is 0.731. The number of carbonyl (C=O) groups excluding carboxylic acids is 2. The highest BCUT2D eigenvalue weighted by molar-refractivity contribution is 5.91. The Morgan fingerprint density at radius 1 is 1.00 bits per heavy atom. The average molecular weight is 240 g/mol. The van der Waals surface area contributed by atoms with E-state index in [9.17, 15) is 9.59 Å². The third-order valence-electron chi connectivity index (χ3n) is 2.51. The van der Waals surface area contributed by atoms with Gasteiger partial charge in [-0.15, -0.1) is 0 Å². The van der Waals surface area contributed by atoms with Crippen molar-refractivity contribution in [3.8, 4) is 5.75 Å². The molecule has 0 saturated carbocycles. The molecular weight excluding hydrogens is 228 g/mol. The maximum absolute atomic E-state index is 11.8. The van der Waals surface area contributed by atoms with E-state index in [1.54, 1.807) is 36.4 Å². The van der Waals surface area contributed by atoms with E-state index < -0.39 is 5.97 Å². The first-order chi connectivity index (χ1) is 8.69. The van der Waals surface area contributed by atoms with Crippen molar-refractivity contribution in [2.75, 3.05) is 0 Å². The summed E-state index contributed by atoms with van der Waals surface area (Å²) in [7, 11) is 0. The van der Waals surface area contributed by atoms with Crippen molar-refractivity contribution in [1.82, 2.24) is 0 Å². The van der Waals surface area contributed by atoms with Crippen LogP contribution in [0.1, 0.15) is 26.3 Å². The molecule has 90 valence electrons. The number of aldehydes is 1. The molecule has 0 aliphatic heterocycles. The second kappa shape index (κ2) is 5.27. The minimum Gasteiger partial charge on any atom is -0.423 e. The lowest BCUT2D eigenvalue weighted by Gasteiger charge is -2.04. The van der Waals surface area contributed by atoms with Crippen molar-refractivity contribution in [2.24, 2.45) is 0 Å². The average Bonchev–Trinajstić information content (AvgIpc) is 2.41. The Balaban J connectivity index is 2.11. The van der Waals surface area contributed by atoms with Crippen LogP contribution in [0, 0.1) is 6.92 Å². The topological polar surface area (TPSA) is 43.4 Å². The summed E-state index contributed by atoms with van der Waals surface area (Å²) in [6, 6.07) is 13.5. The fourth-order valence-corrected chi connectivity index (χ4v) is 1.47. The summed E-state index contributed by atoms with van der Waals surface area (Å²) >= 11 is 0. The van der Waals surface area contributed by atoms with Crippen molar-refractivity contribution in [1.29, 1.82) is 0 Å². The first-order valence-electron chi connectivity index (χ1n) is 5.53. The maximum Gasteiger partial charge on any atom is 0.343 e. The largest absolute Gasteiger partial charge is 0.423 e. The van der Waals surface area contributed by atoms with Gasteiger partial charge in [0, 0.05) is 5.56 Å². The predicted octanol–water partition coefficient (Wildman–Crippen LogP) is 3.03. The van der Waals surface area contributed by atoms with Crippen LogP contribution in [0.25, 0.3) is 0 Å². The first kappa shape index (κ1) is 12.0. The Morgan fingerprint density at radius 2 is 1.61 bits per heavy atom. The molecule has 18 heavy (non-hydrogen) atoms. The van der Waals surface area contributed by atoms with Gasteiger partial charge in [-0.3, -0.25) is 4.79 Å². The maximum atomic E-state index is 11.8. The van der Waals surface area contributed by atoms with Crippen LogP contribution >= 0.6 is 0 Å². The van der Waals surface area contributed by atoms with Gasteiger partial charge in [0.05, 0.1) is 5.56 Å². The number of ether oxygens (including phenoxy) is 1. The van der Waals surface area contributed by atoms with Gasteiger partial charge in [0.15, 0.2) is 0 Å². The van der Waals surface area contributed by atoms with E-state index in [0.717, 1.165) is 11.8 Å².